The molecule has 2 N–H and O–H groups in total. The van der Waals surface area contributed by atoms with Crippen molar-refractivity contribution in [2.24, 2.45) is 5.73 Å². The van der Waals surface area contributed by atoms with E-state index in [0.29, 0.717) is 6.42 Å². The van der Waals surface area contributed by atoms with Crippen molar-refractivity contribution in [2.45, 2.75) is 90.4 Å². The second-order valence-electron chi connectivity index (χ2n) is 5.45. The van der Waals surface area contributed by atoms with E-state index >= 15 is 0 Å². The molecule has 0 heterocycles. The summed E-state index contributed by atoms with van der Waals surface area (Å²) in [7, 11) is 0. The number of amides is 1. The van der Waals surface area contributed by atoms with E-state index in [0.717, 1.165) is 19.3 Å². The molecule has 0 bridgehead atoms. The Kier molecular flexibility index (Phi) is 14.6. The first-order valence-corrected chi connectivity index (χ1v) is 8.20. The minimum atomic E-state index is -0.178. The van der Waals surface area contributed by atoms with Crippen LogP contribution in [-0.4, -0.2) is 5.91 Å². The summed E-state index contributed by atoms with van der Waals surface area (Å²) in [5.74, 6) is -0.178. The molecule has 112 valence electrons. The predicted octanol–water partition coefficient (Wildman–Crippen LogP) is 5.12. The standard InChI is InChI=1S/C17H33NO/c1-2-3-4-5-6-7-8-9-10-11-12-13-14-15-16-17(18)19/h11-12H,2-10,13-16H2,1H3,(H2,18,19)/b12-11+. The lowest BCUT2D eigenvalue weighted by molar-refractivity contribution is -0.118. The molecule has 2 heteroatoms. The first kappa shape index (κ1) is 18.2. The van der Waals surface area contributed by atoms with Gasteiger partial charge < -0.3 is 5.73 Å². The zero-order valence-electron chi connectivity index (χ0n) is 12.8. The number of nitrogens with two attached hydrogens (primary N) is 1. The number of hydrogen-bond donors (Lipinski definition) is 1. The third kappa shape index (κ3) is 17.2. The molecule has 0 aliphatic heterocycles. The minimum absolute atomic E-state index is 0.178. The first-order valence-electron chi connectivity index (χ1n) is 8.20. The van der Waals surface area contributed by atoms with Crippen LogP contribution in [0.3, 0.4) is 0 Å². The fourth-order valence-corrected chi connectivity index (χ4v) is 2.19. The van der Waals surface area contributed by atoms with Gasteiger partial charge in [0.05, 0.1) is 0 Å². The van der Waals surface area contributed by atoms with Gasteiger partial charge in [-0.05, 0) is 32.1 Å². The lowest BCUT2D eigenvalue weighted by Gasteiger charge is -1.99. The Labute approximate surface area is 119 Å². The molecule has 0 rings (SSSR count). The molecule has 0 radical (unpaired) electrons. The molecule has 0 spiro atoms. The second kappa shape index (κ2) is 15.3. The number of carbonyl (C=O) groups excluding carboxylic acids is 1. The van der Waals surface area contributed by atoms with Crippen LogP contribution in [0.15, 0.2) is 12.2 Å². The smallest absolute Gasteiger partial charge is 0.217 e. The SMILES string of the molecule is CCCCCCCCCC/C=C/CCCCC(N)=O. The van der Waals surface area contributed by atoms with Crippen molar-refractivity contribution in [1.29, 1.82) is 0 Å². The molecule has 0 aliphatic rings. The molecule has 0 saturated carbocycles. The fourth-order valence-electron chi connectivity index (χ4n) is 2.19. The van der Waals surface area contributed by atoms with E-state index < -0.39 is 0 Å². The van der Waals surface area contributed by atoms with Gasteiger partial charge in [0.15, 0.2) is 0 Å². The topological polar surface area (TPSA) is 43.1 Å². The largest absolute Gasteiger partial charge is 0.370 e. The third-order valence-electron chi connectivity index (χ3n) is 3.43. The van der Waals surface area contributed by atoms with Crippen molar-refractivity contribution in [1.82, 2.24) is 0 Å². The van der Waals surface area contributed by atoms with Crippen LogP contribution in [0.25, 0.3) is 0 Å². The number of allylic oxidation sites excluding steroid dienone is 2. The molecule has 0 saturated heterocycles. The quantitative estimate of drug-likeness (QED) is 0.344. The van der Waals surface area contributed by atoms with Gasteiger partial charge in [-0.2, -0.15) is 0 Å². The van der Waals surface area contributed by atoms with E-state index in [4.69, 9.17) is 5.73 Å². The highest BCUT2D eigenvalue weighted by Crippen LogP contribution is 2.10. The Bertz CT molecular complexity index is 223. The highest BCUT2D eigenvalue weighted by atomic mass is 16.1. The molecule has 0 unspecified atom stereocenters. The summed E-state index contributed by atoms with van der Waals surface area (Å²) in [5, 5.41) is 0. The zero-order chi connectivity index (χ0) is 14.2. The second-order valence-corrected chi connectivity index (χ2v) is 5.45. The maximum atomic E-state index is 10.5. The summed E-state index contributed by atoms with van der Waals surface area (Å²) in [6, 6.07) is 0. The van der Waals surface area contributed by atoms with Gasteiger partial charge in [0.25, 0.3) is 0 Å². The summed E-state index contributed by atoms with van der Waals surface area (Å²) in [6.07, 6.45) is 20.5. The van der Waals surface area contributed by atoms with Gasteiger partial charge >= 0.3 is 0 Å². The zero-order valence-corrected chi connectivity index (χ0v) is 12.8. The Morgan fingerprint density at radius 3 is 1.79 bits per heavy atom. The van der Waals surface area contributed by atoms with E-state index in [-0.39, 0.29) is 5.91 Å². The summed E-state index contributed by atoms with van der Waals surface area (Å²) >= 11 is 0. The summed E-state index contributed by atoms with van der Waals surface area (Å²) < 4.78 is 0. The van der Waals surface area contributed by atoms with Crippen LogP contribution in [0.4, 0.5) is 0 Å². The number of primary amides is 1. The number of hydrogen-bond acceptors (Lipinski definition) is 1. The summed E-state index contributed by atoms with van der Waals surface area (Å²) in [4.78, 5) is 10.5. The van der Waals surface area contributed by atoms with Crippen LogP contribution in [0.2, 0.25) is 0 Å². The van der Waals surface area contributed by atoms with Crippen LogP contribution in [0, 0.1) is 0 Å². The van der Waals surface area contributed by atoms with E-state index in [1.54, 1.807) is 0 Å². The van der Waals surface area contributed by atoms with E-state index in [2.05, 4.69) is 19.1 Å². The first-order chi connectivity index (χ1) is 9.27. The Balaban J connectivity index is 3.06. The molecule has 2 nitrogen and oxygen atoms in total. The van der Waals surface area contributed by atoms with E-state index in [1.165, 1.54) is 57.8 Å². The van der Waals surface area contributed by atoms with Crippen LogP contribution < -0.4 is 5.73 Å². The van der Waals surface area contributed by atoms with Gasteiger partial charge in [-0.3, -0.25) is 4.79 Å². The molecule has 1 amide bonds. The normalized spacial score (nSPS) is 11.2. The van der Waals surface area contributed by atoms with Crippen LogP contribution in [-0.2, 0) is 4.79 Å². The molecule has 19 heavy (non-hydrogen) atoms. The lowest BCUT2D eigenvalue weighted by atomic mass is 10.1. The molecule has 0 aromatic carbocycles. The van der Waals surface area contributed by atoms with Crippen molar-refractivity contribution in [3.05, 3.63) is 12.2 Å². The van der Waals surface area contributed by atoms with Gasteiger partial charge in [0.1, 0.15) is 0 Å². The average molecular weight is 267 g/mol. The van der Waals surface area contributed by atoms with Crippen LogP contribution in [0.5, 0.6) is 0 Å². The maximum Gasteiger partial charge on any atom is 0.217 e. The van der Waals surface area contributed by atoms with Gasteiger partial charge in [0.2, 0.25) is 5.91 Å². The molecular weight excluding hydrogens is 234 g/mol. The van der Waals surface area contributed by atoms with Crippen molar-refractivity contribution in [2.75, 3.05) is 0 Å². The van der Waals surface area contributed by atoms with Crippen molar-refractivity contribution in [3.63, 3.8) is 0 Å². The number of rotatable bonds is 14. The van der Waals surface area contributed by atoms with Gasteiger partial charge in [-0.25, -0.2) is 0 Å². The van der Waals surface area contributed by atoms with Gasteiger partial charge in [-0.15, -0.1) is 0 Å². The Hall–Kier alpha value is -0.790. The number of carbonyl (C=O) groups is 1. The monoisotopic (exact) mass is 267 g/mol. The predicted molar refractivity (Wildman–Crippen MR) is 84.0 cm³/mol. The molecule has 0 aromatic heterocycles. The highest BCUT2D eigenvalue weighted by Gasteiger charge is 1.92. The lowest BCUT2D eigenvalue weighted by Crippen LogP contribution is -2.09. The van der Waals surface area contributed by atoms with Gasteiger partial charge in [-0.1, -0.05) is 64.0 Å². The fraction of sp³-hybridized carbons (Fsp3) is 0.824. The van der Waals surface area contributed by atoms with Crippen LogP contribution in [0.1, 0.15) is 90.4 Å². The van der Waals surface area contributed by atoms with Crippen molar-refractivity contribution in [3.8, 4) is 0 Å². The average Bonchev–Trinajstić information content (AvgIpc) is 2.39. The minimum Gasteiger partial charge on any atom is -0.370 e. The van der Waals surface area contributed by atoms with Crippen LogP contribution >= 0.6 is 0 Å². The molecule has 0 fully saturated rings. The highest BCUT2D eigenvalue weighted by molar-refractivity contribution is 5.73. The Morgan fingerprint density at radius 1 is 0.789 bits per heavy atom. The summed E-state index contributed by atoms with van der Waals surface area (Å²) in [5.41, 5.74) is 5.08. The van der Waals surface area contributed by atoms with E-state index in [9.17, 15) is 4.79 Å². The number of unbranched alkanes of at least 4 members (excludes halogenated alkanes) is 10. The van der Waals surface area contributed by atoms with Crippen molar-refractivity contribution < 1.29 is 4.79 Å². The maximum absolute atomic E-state index is 10.5. The third-order valence-corrected chi connectivity index (χ3v) is 3.43. The van der Waals surface area contributed by atoms with Crippen molar-refractivity contribution >= 4 is 5.91 Å². The van der Waals surface area contributed by atoms with E-state index in [1.807, 2.05) is 0 Å². The Morgan fingerprint density at radius 2 is 1.26 bits per heavy atom. The van der Waals surface area contributed by atoms with Gasteiger partial charge in [0, 0.05) is 6.42 Å². The molecule has 0 aliphatic carbocycles. The molecule has 0 atom stereocenters. The molecular formula is C17H33NO. The molecule has 0 aromatic rings. The summed E-state index contributed by atoms with van der Waals surface area (Å²) in [6.45, 7) is 2.26.